The number of methoxy groups -OCH3 is 1. The van der Waals surface area contributed by atoms with Gasteiger partial charge in [-0.1, -0.05) is 0 Å². The molecule has 0 aromatic heterocycles. The minimum absolute atomic E-state index is 0.119. The molecular weight excluding hydrogens is 276 g/mol. The van der Waals surface area contributed by atoms with Gasteiger partial charge in [0.15, 0.2) is 0 Å². The Bertz CT molecular complexity index is 550. The molecule has 0 heterocycles. The maximum atomic E-state index is 11.6. The predicted molar refractivity (Wildman–Crippen MR) is 65.4 cm³/mol. The van der Waals surface area contributed by atoms with Crippen molar-refractivity contribution < 1.29 is 34.4 Å². The van der Waals surface area contributed by atoms with E-state index in [2.05, 4.69) is 17.4 Å². The first-order chi connectivity index (χ1) is 8.73. The Hall–Kier alpha value is -2.22. The first-order valence-corrected chi connectivity index (χ1v) is 5.32. The average Bonchev–Trinajstić information content (AvgIpc) is 2.26. The van der Waals surface area contributed by atoms with Crippen molar-refractivity contribution in [2.45, 2.75) is 11.8 Å². The zero-order chi connectivity index (χ0) is 14.9. The molecule has 0 saturated heterocycles. The number of hydrogen-bond acceptors (Lipinski definition) is 6. The van der Waals surface area contributed by atoms with Crippen LogP contribution in [0.3, 0.4) is 0 Å². The highest BCUT2D eigenvalue weighted by molar-refractivity contribution is 7.80. The Morgan fingerprint density at radius 1 is 1.05 bits per heavy atom. The lowest BCUT2D eigenvalue weighted by Crippen LogP contribution is -2.15. The third kappa shape index (κ3) is 2.34. The smallest absolute Gasteiger partial charge is 0.340 e. The van der Waals surface area contributed by atoms with Crippen LogP contribution in [0, 0.1) is 6.92 Å². The Morgan fingerprint density at radius 3 is 1.89 bits per heavy atom. The lowest BCUT2D eigenvalue weighted by molar-refractivity contribution is 0.0595. The van der Waals surface area contributed by atoms with Gasteiger partial charge >= 0.3 is 17.9 Å². The molecule has 0 aliphatic rings. The van der Waals surface area contributed by atoms with Crippen LogP contribution in [0.5, 0.6) is 5.75 Å². The number of aromatic hydroxyl groups is 1. The zero-order valence-electron chi connectivity index (χ0n) is 9.92. The van der Waals surface area contributed by atoms with Crippen LogP contribution in [0.15, 0.2) is 4.90 Å². The second-order valence-corrected chi connectivity index (χ2v) is 4.00. The molecule has 1 aromatic rings. The molecule has 0 spiro atoms. The molecule has 0 unspecified atom stereocenters. The summed E-state index contributed by atoms with van der Waals surface area (Å²) in [6.07, 6.45) is 0. The first-order valence-electron chi connectivity index (χ1n) is 4.87. The number of esters is 1. The summed E-state index contributed by atoms with van der Waals surface area (Å²) in [6.45, 7) is 1.25. The third-order valence-electron chi connectivity index (χ3n) is 2.51. The van der Waals surface area contributed by atoms with Gasteiger partial charge in [0.2, 0.25) is 0 Å². The molecule has 7 nitrogen and oxygen atoms in total. The van der Waals surface area contributed by atoms with Gasteiger partial charge in [0.05, 0.1) is 12.7 Å². The molecule has 0 atom stereocenters. The summed E-state index contributed by atoms with van der Waals surface area (Å²) in [6, 6.07) is 0. The number of aromatic carboxylic acids is 2. The van der Waals surface area contributed by atoms with E-state index in [4.69, 9.17) is 10.2 Å². The van der Waals surface area contributed by atoms with Crippen LogP contribution in [-0.2, 0) is 4.74 Å². The molecule has 0 bridgehead atoms. The molecule has 0 radical (unpaired) electrons. The normalized spacial score (nSPS) is 10.1. The number of ether oxygens (including phenoxy) is 1. The highest BCUT2D eigenvalue weighted by atomic mass is 32.1. The minimum atomic E-state index is -1.60. The minimum Gasteiger partial charge on any atom is -0.506 e. The number of thiol groups is 1. The van der Waals surface area contributed by atoms with Gasteiger partial charge in [0, 0.05) is 4.90 Å². The Kier molecular flexibility index (Phi) is 4.05. The number of carboxylic acids is 2. The average molecular weight is 286 g/mol. The second kappa shape index (κ2) is 5.19. The molecule has 19 heavy (non-hydrogen) atoms. The topological polar surface area (TPSA) is 121 Å². The number of phenols is 1. The number of carbonyl (C=O) groups is 3. The van der Waals surface area contributed by atoms with Crippen LogP contribution in [0.1, 0.15) is 36.6 Å². The van der Waals surface area contributed by atoms with Crippen molar-refractivity contribution >= 4 is 30.5 Å². The monoisotopic (exact) mass is 286 g/mol. The Morgan fingerprint density at radius 2 is 1.53 bits per heavy atom. The van der Waals surface area contributed by atoms with E-state index in [1.165, 1.54) is 6.92 Å². The van der Waals surface area contributed by atoms with Crippen molar-refractivity contribution in [3.05, 3.63) is 22.3 Å². The van der Waals surface area contributed by atoms with E-state index >= 15 is 0 Å². The molecule has 0 saturated carbocycles. The Balaban J connectivity index is 3.90. The quantitative estimate of drug-likeness (QED) is 0.486. The molecule has 0 fully saturated rings. The van der Waals surface area contributed by atoms with Gasteiger partial charge in [-0.15, -0.1) is 12.6 Å². The number of hydrogen-bond donors (Lipinski definition) is 4. The van der Waals surface area contributed by atoms with Gasteiger partial charge in [0.1, 0.15) is 16.9 Å². The molecular formula is C11H10O7S. The highest BCUT2D eigenvalue weighted by Gasteiger charge is 2.30. The fourth-order valence-corrected chi connectivity index (χ4v) is 2.12. The largest absolute Gasteiger partial charge is 0.506 e. The Labute approximate surface area is 112 Å². The van der Waals surface area contributed by atoms with Gasteiger partial charge in [-0.2, -0.15) is 0 Å². The summed E-state index contributed by atoms with van der Waals surface area (Å²) in [5, 5.41) is 27.7. The highest BCUT2D eigenvalue weighted by Crippen LogP contribution is 2.35. The van der Waals surface area contributed by atoms with Crippen molar-refractivity contribution in [1.29, 1.82) is 0 Å². The molecule has 0 aliphatic carbocycles. The zero-order valence-corrected chi connectivity index (χ0v) is 10.8. The van der Waals surface area contributed by atoms with Crippen LogP contribution in [0.4, 0.5) is 0 Å². The fourth-order valence-electron chi connectivity index (χ4n) is 1.66. The maximum absolute atomic E-state index is 11.6. The first kappa shape index (κ1) is 14.8. The van der Waals surface area contributed by atoms with Crippen molar-refractivity contribution in [3.63, 3.8) is 0 Å². The van der Waals surface area contributed by atoms with Crippen LogP contribution >= 0.6 is 12.6 Å². The SMILES string of the molecule is COC(=O)c1c(C)c(C(=O)O)c(O)c(C(=O)O)c1S. The van der Waals surface area contributed by atoms with E-state index in [0.29, 0.717) is 0 Å². The molecule has 0 amide bonds. The number of carbonyl (C=O) groups excluding carboxylic acids is 1. The van der Waals surface area contributed by atoms with Gasteiger partial charge in [-0.05, 0) is 12.5 Å². The van der Waals surface area contributed by atoms with E-state index in [0.717, 1.165) is 7.11 Å². The molecule has 3 N–H and O–H groups in total. The summed E-state index contributed by atoms with van der Waals surface area (Å²) < 4.78 is 4.45. The summed E-state index contributed by atoms with van der Waals surface area (Å²) in [7, 11) is 1.06. The van der Waals surface area contributed by atoms with Gasteiger partial charge in [0.25, 0.3) is 0 Å². The van der Waals surface area contributed by atoms with Crippen molar-refractivity contribution in [3.8, 4) is 5.75 Å². The third-order valence-corrected chi connectivity index (χ3v) is 2.96. The van der Waals surface area contributed by atoms with Crippen LogP contribution < -0.4 is 0 Å². The van der Waals surface area contributed by atoms with Gasteiger partial charge < -0.3 is 20.1 Å². The number of carboxylic acid groups (broad SMARTS) is 2. The van der Waals surface area contributed by atoms with Crippen LogP contribution in [0.25, 0.3) is 0 Å². The van der Waals surface area contributed by atoms with E-state index < -0.39 is 34.8 Å². The van der Waals surface area contributed by atoms with Crippen LogP contribution in [-0.4, -0.2) is 40.3 Å². The van der Waals surface area contributed by atoms with Crippen LogP contribution in [0.2, 0.25) is 0 Å². The lowest BCUT2D eigenvalue weighted by Gasteiger charge is -2.14. The maximum Gasteiger partial charge on any atom is 0.340 e. The summed E-state index contributed by atoms with van der Waals surface area (Å²) in [5.74, 6) is -5.05. The fraction of sp³-hybridized carbons (Fsp3) is 0.182. The number of rotatable bonds is 3. The van der Waals surface area contributed by atoms with Crippen molar-refractivity contribution in [1.82, 2.24) is 0 Å². The number of benzene rings is 1. The molecule has 1 rings (SSSR count). The lowest BCUT2D eigenvalue weighted by atomic mass is 9.96. The van der Waals surface area contributed by atoms with E-state index in [-0.39, 0.29) is 16.0 Å². The summed E-state index contributed by atoms with van der Waals surface area (Å²) >= 11 is 3.86. The molecule has 1 aromatic carbocycles. The van der Waals surface area contributed by atoms with Gasteiger partial charge in [-0.3, -0.25) is 0 Å². The summed E-state index contributed by atoms with van der Waals surface area (Å²) in [4.78, 5) is 33.3. The second-order valence-electron chi connectivity index (χ2n) is 3.55. The van der Waals surface area contributed by atoms with Gasteiger partial charge in [-0.25, -0.2) is 14.4 Å². The van der Waals surface area contributed by atoms with E-state index in [9.17, 15) is 19.5 Å². The van der Waals surface area contributed by atoms with Crippen molar-refractivity contribution in [2.75, 3.05) is 7.11 Å². The van der Waals surface area contributed by atoms with E-state index in [1.54, 1.807) is 0 Å². The molecule has 102 valence electrons. The standard InChI is InChI=1S/C11H10O7S/c1-3-4(9(13)14)7(12)6(10(15)16)8(19)5(3)11(17)18-2/h12,19H,1-2H3,(H,13,14)(H,15,16). The van der Waals surface area contributed by atoms with E-state index in [1.807, 2.05) is 0 Å². The molecule has 0 aliphatic heterocycles. The predicted octanol–water partition coefficient (Wildman–Crippen LogP) is 1.17. The van der Waals surface area contributed by atoms with Crippen molar-refractivity contribution in [2.24, 2.45) is 0 Å². The molecule has 8 heteroatoms. The summed E-state index contributed by atoms with van der Waals surface area (Å²) in [5.41, 5.74) is -1.85.